The van der Waals surface area contributed by atoms with E-state index >= 15 is 0 Å². The van der Waals surface area contributed by atoms with Gasteiger partial charge >= 0.3 is 6.03 Å². The molecule has 3 N–H and O–H groups in total. The Hall–Kier alpha value is -0.970. The molecule has 6 heteroatoms. The van der Waals surface area contributed by atoms with Gasteiger partial charge in [-0.2, -0.15) is 0 Å². The van der Waals surface area contributed by atoms with Crippen molar-refractivity contribution in [2.45, 2.75) is 37.1 Å². The van der Waals surface area contributed by atoms with Gasteiger partial charge in [-0.3, -0.25) is 0 Å². The molecular formula is C16H23Cl2N3O. The summed E-state index contributed by atoms with van der Waals surface area (Å²) >= 11 is 6.13. The van der Waals surface area contributed by atoms with E-state index in [1.807, 2.05) is 23.1 Å². The number of nitrogens with two attached hydrogens (primary N) is 1. The van der Waals surface area contributed by atoms with E-state index in [0.717, 1.165) is 43.8 Å². The predicted molar refractivity (Wildman–Crippen MR) is 91.8 cm³/mol. The van der Waals surface area contributed by atoms with Crippen molar-refractivity contribution >= 4 is 30.0 Å². The Bertz CT molecular complexity index is 530. The number of hydrogen-bond donors (Lipinski definition) is 2. The van der Waals surface area contributed by atoms with Crippen LogP contribution in [-0.2, 0) is 5.41 Å². The standard InChI is InChI=1S/C16H22ClN3O.ClH/c17-13-3-1-2-12(10-13)16(11-18)6-4-14(5-7-16)20-9-8-19-15(20)21;/h1-3,10,14H,4-9,11,18H2,(H,19,21);1H/t14-,16-;. The molecule has 0 radical (unpaired) electrons. The molecule has 0 bridgehead atoms. The van der Waals surface area contributed by atoms with E-state index in [0.29, 0.717) is 12.6 Å². The van der Waals surface area contributed by atoms with Gasteiger partial charge in [-0.1, -0.05) is 23.7 Å². The van der Waals surface area contributed by atoms with E-state index < -0.39 is 0 Å². The van der Waals surface area contributed by atoms with Crippen LogP contribution in [0.2, 0.25) is 5.02 Å². The highest BCUT2D eigenvalue weighted by molar-refractivity contribution is 6.30. The Balaban J connectivity index is 0.00000176. The fourth-order valence-electron chi connectivity index (χ4n) is 3.73. The van der Waals surface area contributed by atoms with Crippen molar-refractivity contribution in [3.05, 3.63) is 34.9 Å². The zero-order valence-corrected chi connectivity index (χ0v) is 14.1. The van der Waals surface area contributed by atoms with E-state index in [-0.39, 0.29) is 23.9 Å². The molecule has 0 atom stereocenters. The number of nitrogens with zero attached hydrogens (tertiary/aromatic N) is 1. The molecule has 1 aromatic rings. The molecule has 1 saturated carbocycles. The van der Waals surface area contributed by atoms with Crippen molar-refractivity contribution in [2.24, 2.45) is 5.73 Å². The summed E-state index contributed by atoms with van der Waals surface area (Å²) in [6.45, 7) is 2.23. The highest BCUT2D eigenvalue weighted by Gasteiger charge is 2.39. The third kappa shape index (κ3) is 3.19. The molecule has 0 aromatic heterocycles. The van der Waals surface area contributed by atoms with Crippen LogP contribution in [0.5, 0.6) is 0 Å². The van der Waals surface area contributed by atoms with E-state index in [2.05, 4.69) is 11.4 Å². The van der Waals surface area contributed by atoms with E-state index in [1.165, 1.54) is 5.56 Å². The van der Waals surface area contributed by atoms with Gasteiger partial charge in [0.25, 0.3) is 0 Å². The number of amides is 2. The summed E-state index contributed by atoms with van der Waals surface area (Å²) in [4.78, 5) is 13.8. The zero-order valence-electron chi connectivity index (χ0n) is 12.6. The van der Waals surface area contributed by atoms with Gasteiger partial charge in [-0.15, -0.1) is 12.4 Å². The average molecular weight is 344 g/mol. The number of urea groups is 1. The van der Waals surface area contributed by atoms with Gasteiger partial charge in [0.1, 0.15) is 0 Å². The summed E-state index contributed by atoms with van der Waals surface area (Å²) in [6, 6.07) is 8.50. The second-order valence-corrected chi connectivity index (χ2v) is 6.59. The molecule has 122 valence electrons. The number of benzene rings is 1. The van der Waals surface area contributed by atoms with Crippen molar-refractivity contribution in [2.75, 3.05) is 19.6 Å². The van der Waals surface area contributed by atoms with E-state index in [4.69, 9.17) is 17.3 Å². The van der Waals surface area contributed by atoms with Crippen molar-refractivity contribution in [1.82, 2.24) is 10.2 Å². The third-order valence-electron chi connectivity index (χ3n) is 5.07. The van der Waals surface area contributed by atoms with Crippen LogP contribution in [0.4, 0.5) is 4.79 Å². The molecule has 2 amide bonds. The van der Waals surface area contributed by atoms with Gasteiger partial charge in [0, 0.05) is 36.1 Å². The van der Waals surface area contributed by atoms with Gasteiger partial charge in [0.15, 0.2) is 0 Å². The lowest BCUT2D eigenvalue weighted by atomic mass is 9.68. The monoisotopic (exact) mass is 343 g/mol. The Kier molecular flexibility index (Phi) is 5.59. The van der Waals surface area contributed by atoms with Crippen LogP contribution in [0, 0.1) is 0 Å². The highest BCUT2D eigenvalue weighted by atomic mass is 35.5. The van der Waals surface area contributed by atoms with Gasteiger partial charge in [-0.05, 0) is 43.4 Å². The van der Waals surface area contributed by atoms with Crippen LogP contribution in [0.15, 0.2) is 24.3 Å². The average Bonchev–Trinajstić information content (AvgIpc) is 2.93. The zero-order chi connectivity index (χ0) is 14.9. The van der Waals surface area contributed by atoms with E-state index in [1.54, 1.807) is 0 Å². The molecule has 2 fully saturated rings. The molecule has 0 spiro atoms. The number of rotatable bonds is 3. The number of carbonyl (C=O) groups excluding carboxylic acids is 1. The van der Waals surface area contributed by atoms with E-state index in [9.17, 15) is 4.79 Å². The second kappa shape index (κ2) is 7.07. The maximum Gasteiger partial charge on any atom is 0.317 e. The predicted octanol–water partition coefficient (Wildman–Crippen LogP) is 2.93. The first kappa shape index (κ1) is 17.4. The minimum absolute atomic E-state index is 0. The first-order valence-corrected chi connectivity index (χ1v) is 8.03. The third-order valence-corrected chi connectivity index (χ3v) is 5.31. The van der Waals surface area contributed by atoms with Crippen LogP contribution in [0.3, 0.4) is 0 Å². The number of hydrogen-bond acceptors (Lipinski definition) is 2. The molecule has 1 aliphatic heterocycles. The molecule has 3 rings (SSSR count). The normalized spacial score (nSPS) is 28.2. The molecular weight excluding hydrogens is 321 g/mol. The first-order valence-electron chi connectivity index (χ1n) is 7.65. The molecule has 1 aromatic carbocycles. The highest BCUT2D eigenvalue weighted by Crippen LogP contribution is 2.40. The molecule has 0 unspecified atom stereocenters. The quantitative estimate of drug-likeness (QED) is 0.886. The summed E-state index contributed by atoms with van der Waals surface area (Å²) < 4.78 is 0. The van der Waals surface area contributed by atoms with Crippen molar-refractivity contribution in [3.8, 4) is 0 Å². The molecule has 1 heterocycles. The minimum Gasteiger partial charge on any atom is -0.336 e. The maximum atomic E-state index is 11.8. The summed E-state index contributed by atoms with van der Waals surface area (Å²) in [5.41, 5.74) is 7.36. The minimum atomic E-state index is 0. The smallest absolute Gasteiger partial charge is 0.317 e. The lowest BCUT2D eigenvalue weighted by Crippen LogP contribution is -2.46. The maximum absolute atomic E-state index is 11.8. The SMILES string of the molecule is Cl.NC[C@]1(c2cccc(Cl)c2)CC[C@H](N2CCNC2=O)CC1. The Morgan fingerprint density at radius 3 is 2.64 bits per heavy atom. The van der Waals surface area contributed by atoms with Crippen LogP contribution in [-0.4, -0.2) is 36.6 Å². The molecule has 1 aliphatic carbocycles. The van der Waals surface area contributed by atoms with Crippen LogP contribution >= 0.6 is 24.0 Å². The summed E-state index contributed by atoms with van der Waals surface area (Å²) in [7, 11) is 0. The Labute approximate surface area is 142 Å². The molecule has 1 saturated heterocycles. The van der Waals surface area contributed by atoms with Crippen molar-refractivity contribution in [3.63, 3.8) is 0 Å². The Morgan fingerprint density at radius 1 is 1.36 bits per heavy atom. The fourth-order valence-corrected chi connectivity index (χ4v) is 3.92. The Morgan fingerprint density at radius 2 is 2.09 bits per heavy atom. The van der Waals surface area contributed by atoms with Crippen LogP contribution < -0.4 is 11.1 Å². The van der Waals surface area contributed by atoms with Gasteiger partial charge in [0.2, 0.25) is 0 Å². The molecule has 22 heavy (non-hydrogen) atoms. The van der Waals surface area contributed by atoms with Gasteiger partial charge < -0.3 is 16.0 Å². The summed E-state index contributed by atoms with van der Waals surface area (Å²) in [5, 5.41) is 3.65. The first-order chi connectivity index (χ1) is 10.1. The number of carbonyl (C=O) groups is 1. The topological polar surface area (TPSA) is 58.4 Å². The van der Waals surface area contributed by atoms with Crippen molar-refractivity contribution < 1.29 is 4.79 Å². The van der Waals surface area contributed by atoms with Crippen molar-refractivity contribution in [1.29, 1.82) is 0 Å². The fraction of sp³-hybridized carbons (Fsp3) is 0.562. The lowest BCUT2D eigenvalue weighted by Gasteiger charge is -2.42. The largest absolute Gasteiger partial charge is 0.336 e. The summed E-state index contributed by atoms with van der Waals surface area (Å²) in [5.74, 6) is 0. The number of halogens is 2. The summed E-state index contributed by atoms with van der Waals surface area (Å²) in [6.07, 6.45) is 4.05. The van der Waals surface area contributed by atoms with Gasteiger partial charge in [0.05, 0.1) is 0 Å². The van der Waals surface area contributed by atoms with Crippen LogP contribution in [0.25, 0.3) is 0 Å². The van der Waals surface area contributed by atoms with Gasteiger partial charge in [-0.25, -0.2) is 4.79 Å². The number of nitrogens with one attached hydrogen (secondary N) is 1. The van der Waals surface area contributed by atoms with Crippen LogP contribution in [0.1, 0.15) is 31.2 Å². The second-order valence-electron chi connectivity index (χ2n) is 6.15. The molecule has 4 nitrogen and oxygen atoms in total. The molecule has 2 aliphatic rings. The lowest BCUT2D eigenvalue weighted by molar-refractivity contribution is 0.154.